The fraction of sp³-hybridized carbons (Fsp3) is 0.389. The Morgan fingerprint density at radius 2 is 1.70 bits per heavy atom. The number of ether oxygens (including phenoxy) is 1. The van der Waals surface area contributed by atoms with Gasteiger partial charge in [-0.05, 0) is 25.5 Å². The molecule has 0 spiro atoms. The molecule has 0 N–H and O–H groups in total. The topological polar surface area (TPSA) is 76.8 Å². The highest BCUT2D eigenvalue weighted by atomic mass is 32.2. The van der Waals surface area contributed by atoms with Crippen LogP contribution < -0.4 is 4.74 Å². The van der Waals surface area contributed by atoms with Crippen molar-refractivity contribution in [2.45, 2.75) is 25.9 Å². The van der Waals surface area contributed by atoms with Crippen molar-refractivity contribution in [1.82, 2.24) is 4.90 Å². The number of amides is 1. The molecule has 0 radical (unpaired) electrons. The zero-order chi connectivity index (χ0) is 22.2. The van der Waals surface area contributed by atoms with Gasteiger partial charge in [0.2, 0.25) is 29.1 Å². The molecule has 0 saturated carbocycles. The normalized spacial score (nSPS) is 17.9. The molecule has 1 fully saturated rings. The number of halogens is 5. The number of hydrogen-bond acceptors (Lipinski definition) is 5. The lowest BCUT2D eigenvalue weighted by molar-refractivity contribution is -0.136. The third-order valence-corrected chi connectivity index (χ3v) is 6.35. The van der Waals surface area contributed by atoms with Crippen molar-refractivity contribution in [2.75, 3.05) is 18.1 Å². The summed E-state index contributed by atoms with van der Waals surface area (Å²) < 4.78 is 101. The molecule has 1 amide bonds. The zero-order valence-electron chi connectivity index (χ0n) is 15.6. The van der Waals surface area contributed by atoms with Crippen LogP contribution in [0.4, 0.5) is 22.0 Å². The first-order chi connectivity index (χ1) is 14.0. The highest BCUT2D eigenvalue weighted by molar-refractivity contribution is 7.91. The van der Waals surface area contributed by atoms with Crippen LogP contribution in [0.15, 0.2) is 16.5 Å². The lowest BCUT2D eigenvalue weighted by Crippen LogP contribution is -2.43. The molecule has 3 rings (SSSR count). The molecule has 0 aliphatic carbocycles. The smallest absolute Gasteiger partial charge is 0.261 e. The van der Waals surface area contributed by atoms with E-state index in [2.05, 4.69) is 4.74 Å². The summed E-state index contributed by atoms with van der Waals surface area (Å²) in [6, 6.07) is 2.42. The van der Waals surface area contributed by atoms with Crippen LogP contribution in [0.25, 0.3) is 0 Å². The summed E-state index contributed by atoms with van der Waals surface area (Å²) in [4.78, 5) is 13.7. The maximum absolute atomic E-state index is 13.7. The molecule has 1 saturated heterocycles. The van der Waals surface area contributed by atoms with Gasteiger partial charge in [-0.2, -0.15) is 8.78 Å². The van der Waals surface area contributed by atoms with Crippen LogP contribution >= 0.6 is 0 Å². The van der Waals surface area contributed by atoms with Gasteiger partial charge in [0.05, 0.1) is 18.1 Å². The van der Waals surface area contributed by atoms with Gasteiger partial charge < -0.3 is 14.1 Å². The molecular weight excluding hydrogens is 437 g/mol. The van der Waals surface area contributed by atoms with Crippen molar-refractivity contribution in [1.29, 1.82) is 0 Å². The average Bonchev–Trinajstić information content (AvgIpc) is 3.27. The SMILES string of the molecule is Cc1ccc(CN(C(=O)COc2c(F)c(F)c(F)c(F)c2F)C2CCS(=O)(=O)C2)o1. The second-order valence-corrected chi connectivity index (χ2v) is 9.01. The van der Waals surface area contributed by atoms with E-state index in [0.29, 0.717) is 11.5 Å². The number of hydrogen-bond donors (Lipinski definition) is 0. The van der Waals surface area contributed by atoms with Gasteiger partial charge in [0.25, 0.3) is 5.91 Å². The monoisotopic (exact) mass is 453 g/mol. The molecule has 12 heteroatoms. The molecule has 2 heterocycles. The molecule has 1 aliphatic heterocycles. The van der Waals surface area contributed by atoms with Crippen LogP contribution in [-0.2, 0) is 21.2 Å². The maximum Gasteiger partial charge on any atom is 0.261 e. The lowest BCUT2D eigenvalue weighted by Gasteiger charge is -2.27. The Bertz CT molecular complexity index is 1060. The van der Waals surface area contributed by atoms with E-state index in [9.17, 15) is 35.2 Å². The van der Waals surface area contributed by atoms with Gasteiger partial charge in [-0.1, -0.05) is 0 Å². The molecule has 0 bridgehead atoms. The van der Waals surface area contributed by atoms with E-state index in [1.165, 1.54) is 0 Å². The van der Waals surface area contributed by atoms with Crippen molar-refractivity contribution >= 4 is 15.7 Å². The molecule has 1 atom stereocenters. The van der Waals surface area contributed by atoms with Crippen molar-refractivity contribution in [3.8, 4) is 5.75 Å². The molecule has 1 aliphatic rings. The van der Waals surface area contributed by atoms with Gasteiger partial charge in [0, 0.05) is 6.04 Å². The predicted octanol–water partition coefficient (Wildman–Crippen LogP) is 2.88. The number of sulfone groups is 1. The number of furan rings is 1. The number of carbonyl (C=O) groups is 1. The third-order valence-electron chi connectivity index (χ3n) is 4.60. The van der Waals surface area contributed by atoms with Crippen LogP contribution in [0, 0.1) is 36.0 Å². The molecule has 1 unspecified atom stereocenters. The minimum Gasteiger partial charge on any atom is -0.477 e. The van der Waals surface area contributed by atoms with E-state index in [4.69, 9.17) is 4.42 Å². The molecule has 1 aromatic heterocycles. The summed E-state index contributed by atoms with van der Waals surface area (Å²) in [6.45, 7) is 0.421. The molecule has 1 aromatic carbocycles. The number of rotatable bonds is 6. The zero-order valence-corrected chi connectivity index (χ0v) is 16.4. The van der Waals surface area contributed by atoms with E-state index < -0.39 is 63.2 Å². The van der Waals surface area contributed by atoms with Crippen LogP contribution in [0.3, 0.4) is 0 Å². The minimum absolute atomic E-state index is 0.121. The first-order valence-corrected chi connectivity index (χ1v) is 10.5. The number of nitrogens with zero attached hydrogens (tertiary/aromatic N) is 1. The number of aryl methyl sites for hydroxylation is 1. The van der Waals surface area contributed by atoms with Crippen molar-refractivity contribution in [3.05, 3.63) is 52.7 Å². The Kier molecular flexibility index (Phi) is 6.06. The standard InChI is InChI=1S/C18H16F5NO5S/c1-9-2-3-11(29-9)6-24(10-4-5-30(26,27)8-10)12(25)7-28-18-16(22)14(20)13(19)15(21)17(18)23/h2-3,10H,4-8H2,1H3. The summed E-state index contributed by atoms with van der Waals surface area (Å²) in [5.74, 6) is -13.3. The van der Waals surface area contributed by atoms with Gasteiger partial charge in [0.15, 0.2) is 22.2 Å². The Hall–Kier alpha value is -2.63. The molecule has 164 valence electrons. The maximum atomic E-state index is 13.7. The second kappa shape index (κ2) is 8.25. The van der Waals surface area contributed by atoms with Crippen molar-refractivity contribution < 1.29 is 44.3 Å². The molecule has 6 nitrogen and oxygen atoms in total. The quantitative estimate of drug-likeness (QED) is 0.382. The Morgan fingerprint density at radius 3 is 2.20 bits per heavy atom. The van der Waals surface area contributed by atoms with Crippen LogP contribution in [0.5, 0.6) is 5.75 Å². The van der Waals surface area contributed by atoms with Crippen LogP contribution in [0.1, 0.15) is 17.9 Å². The highest BCUT2D eigenvalue weighted by Gasteiger charge is 2.36. The first kappa shape index (κ1) is 22.1. The van der Waals surface area contributed by atoms with E-state index in [0.717, 1.165) is 4.90 Å². The van der Waals surface area contributed by atoms with Crippen LogP contribution in [0.2, 0.25) is 0 Å². The number of benzene rings is 1. The van der Waals surface area contributed by atoms with Crippen LogP contribution in [-0.4, -0.2) is 43.4 Å². The van der Waals surface area contributed by atoms with E-state index >= 15 is 0 Å². The summed E-state index contributed by atoms with van der Waals surface area (Å²) in [6.07, 6.45) is 0.121. The van der Waals surface area contributed by atoms with Crippen molar-refractivity contribution in [3.63, 3.8) is 0 Å². The minimum atomic E-state index is -3.38. The Balaban J connectivity index is 1.82. The fourth-order valence-electron chi connectivity index (χ4n) is 3.11. The predicted molar refractivity (Wildman–Crippen MR) is 92.8 cm³/mol. The van der Waals surface area contributed by atoms with Gasteiger partial charge in [-0.25, -0.2) is 21.6 Å². The molecule has 2 aromatic rings. The van der Waals surface area contributed by atoms with Crippen molar-refractivity contribution in [2.24, 2.45) is 0 Å². The highest BCUT2D eigenvalue weighted by Crippen LogP contribution is 2.29. The van der Waals surface area contributed by atoms with E-state index in [1.54, 1.807) is 19.1 Å². The third kappa shape index (κ3) is 4.42. The Labute approximate surface area is 168 Å². The Morgan fingerprint density at radius 1 is 1.10 bits per heavy atom. The summed E-state index contributed by atoms with van der Waals surface area (Å²) in [5, 5.41) is 0. The van der Waals surface area contributed by atoms with Gasteiger partial charge in [-0.3, -0.25) is 4.79 Å². The average molecular weight is 453 g/mol. The summed E-state index contributed by atoms with van der Waals surface area (Å²) in [7, 11) is -3.38. The van der Waals surface area contributed by atoms with E-state index in [1.807, 2.05) is 0 Å². The second-order valence-electron chi connectivity index (χ2n) is 6.78. The molecule has 30 heavy (non-hydrogen) atoms. The van der Waals surface area contributed by atoms with E-state index in [-0.39, 0.29) is 24.5 Å². The number of carbonyl (C=O) groups excluding carboxylic acids is 1. The van der Waals surface area contributed by atoms with Gasteiger partial charge >= 0.3 is 0 Å². The van der Waals surface area contributed by atoms with Gasteiger partial charge in [-0.15, -0.1) is 0 Å². The lowest BCUT2D eigenvalue weighted by atomic mass is 10.2. The largest absolute Gasteiger partial charge is 0.477 e. The summed E-state index contributed by atoms with van der Waals surface area (Å²) >= 11 is 0. The molecular formula is C18H16F5NO5S. The first-order valence-electron chi connectivity index (χ1n) is 8.69. The fourth-order valence-corrected chi connectivity index (χ4v) is 4.84. The van der Waals surface area contributed by atoms with Gasteiger partial charge in [0.1, 0.15) is 11.5 Å². The summed E-state index contributed by atoms with van der Waals surface area (Å²) in [5.41, 5.74) is 0.